The van der Waals surface area contributed by atoms with Gasteiger partial charge in [0.1, 0.15) is 22.9 Å². The van der Waals surface area contributed by atoms with E-state index in [1.807, 2.05) is 0 Å². The van der Waals surface area contributed by atoms with Gasteiger partial charge in [-0.3, -0.25) is 4.79 Å². The first-order valence-electron chi connectivity index (χ1n) is 7.49. The zero-order chi connectivity index (χ0) is 18.4. The maximum Gasteiger partial charge on any atom is 0.339 e. The second-order valence-corrected chi connectivity index (χ2v) is 5.30. The van der Waals surface area contributed by atoms with Gasteiger partial charge in [-0.05, 0) is 42.8 Å². The molecule has 1 atom stereocenters. The van der Waals surface area contributed by atoms with Crippen LogP contribution in [0.1, 0.15) is 28.9 Å². The van der Waals surface area contributed by atoms with Gasteiger partial charge in [-0.1, -0.05) is 12.1 Å². The summed E-state index contributed by atoms with van der Waals surface area (Å²) >= 11 is 0. The van der Waals surface area contributed by atoms with Crippen molar-refractivity contribution in [3.05, 3.63) is 59.4 Å². The molecule has 0 aliphatic rings. The number of methoxy groups -OCH3 is 1. The summed E-state index contributed by atoms with van der Waals surface area (Å²) in [5, 5.41) is 11.9. The highest BCUT2D eigenvalue weighted by Crippen LogP contribution is 2.24. The Bertz CT molecular complexity index is 761. The van der Waals surface area contributed by atoms with E-state index in [9.17, 15) is 19.1 Å². The summed E-state index contributed by atoms with van der Waals surface area (Å²) < 4.78 is 23.2. The van der Waals surface area contributed by atoms with E-state index in [0.29, 0.717) is 5.75 Å². The molecule has 2 N–H and O–H groups in total. The Balaban J connectivity index is 1.97. The van der Waals surface area contributed by atoms with Crippen LogP contribution in [0, 0.1) is 5.82 Å². The van der Waals surface area contributed by atoms with E-state index >= 15 is 0 Å². The van der Waals surface area contributed by atoms with Crippen LogP contribution in [0.15, 0.2) is 42.5 Å². The Labute approximate surface area is 144 Å². The Morgan fingerprint density at radius 1 is 1.20 bits per heavy atom. The van der Waals surface area contributed by atoms with Gasteiger partial charge < -0.3 is 19.9 Å². The van der Waals surface area contributed by atoms with Crippen molar-refractivity contribution < 1.29 is 28.6 Å². The third-order valence-electron chi connectivity index (χ3n) is 3.52. The van der Waals surface area contributed by atoms with Crippen molar-refractivity contribution in [2.24, 2.45) is 0 Å². The third kappa shape index (κ3) is 4.94. The first-order chi connectivity index (χ1) is 11.9. The number of carbonyl (C=O) groups excluding carboxylic acids is 1. The summed E-state index contributed by atoms with van der Waals surface area (Å²) in [6.07, 6.45) is 0. The molecule has 0 aromatic heterocycles. The molecule has 0 bridgehead atoms. The topological polar surface area (TPSA) is 84.9 Å². The largest absolute Gasteiger partial charge is 0.497 e. The van der Waals surface area contributed by atoms with E-state index in [1.54, 1.807) is 25.1 Å². The number of carbonyl (C=O) groups is 2. The van der Waals surface area contributed by atoms with E-state index in [0.717, 1.165) is 5.56 Å². The molecule has 6 nitrogen and oxygen atoms in total. The summed E-state index contributed by atoms with van der Waals surface area (Å²) in [6.45, 7) is 1.40. The number of amides is 1. The van der Waals surface area contributed by atoms with Crippen LogP contribution in [0.25, 0.3) is 0 Å². The zero-order valence-electron chi connectivity index (χ0n) is 13.8. The molecule has 2 aromatic carbocycles. The molecule has 1 amide bonds. The summed E-state index contributed by atoms with van der Waals surface area (Å²) in [6, 6.07) is 9.72. The fourth-order valence-corrected chi connectivity index (χ4v) is 2.19. The maximum absolute atomic E-state index is 12.9. The summed E-state index contributed by atoms with van der Waals surface area (Å²) in [7, 11) is 1.42. The van der Waals surface area contributed by atoms with Gasteiger partial charge in [-0.25, -0.2) is 9.18 Å². The first kappa shape index (κ1) is 18.3. The van der Waals surface area contributed by atoms with Crippen molar-refractivity contribution in [3.8, 4) is 11.5 Å². The minimum Gasteiger partial charge on any atom is -0.497 e. The summed E-state index contributed by atoms with van der Waals surface area (Å²) in [5.74, 6) is -1.53. The van der Waals surface area contributed by atoms with Gasteiger partial charge >= 0.3 is 5.97 Å². The number of hydrogen-bond acceptors (Lipinski definition) is 4. The Kier molecular flexibility index (Phi) is 5.94. The number of nitrogens with one attached hydrogen (secondary N) is 1. The van der Waals surface area contributed by atoms with Gasteiger partial charge in [0.05, 0.1) is 13.2 Å². The minimum atomic E-state index is -1.19. The van der Waals surface area contributed by atoms with Gasteiger partial charge in [0, 0.05) is 0 Å². The van der Waals surface area contributed by atoms with Crippen molar-refractivity contribution in [1.82, 2.24) is 5.32 Å². The second-order valence-electron chi connectivity index (χ2n) is 5.30. The number of ether oxygens (including phenoxy) is 2. The highest BCUT2D eigenvalue weighted by Gasteiger charge is 2.15. The van der Waals surface area contributed by atoms with Crippen molar-refractivity contribution in [1.29, 1.82) is 0 Å². The van der Waals surface area contributed by atoms with Gasteiger partial charge in [0.2, 0.25) is 0 Å². The quantitative estimate of drug-likeness (QED) is 0.804. The molecule has 0 heterocycles. The van der Waals surface area contributed by atoms with E-state index in [1.165, 1.54) is 31.4 Å². The van der Waals surface area contributed by atoms with E-state index in [4.69, 9.17) is 9.47 Å². The molecule has 0 fully saturated rings. The Morgan fingerprint density at radius 2 is 1.88 bits per heavy atom. The first-order valence-corrected chi connectivity index (χ1v) is 7.49. The van der Waals surface area contributed by atoms with Gasteiger partial charge in [-0.15, -0.1) is 0 Å². The number of rotatable bonds is 7. The van der Waals surface area contributed by atoms with Gasteiger partial charge in [-0.2, -0.15) is 0 Å². The Hall–Kier alpha value is -3.09. The number of halogens is 1. The van der Waals surface area contributed by atoms with E-state index in [-0.39, 0.29) is 29.8 Å². The number of carboxylic acids is 1. The van der Waals surface area contributed by atoms with Crippen LogP contribution < -0.4 is 14.8 Å². The highest BCUT2D eigenvalue weighted by molar-refractivity contribution is 5.91. The summed E-state index contributed by atoms with van der Waals surface area (Å²) in [4.78, 5) is 23.2. The molecular weight excluding hydrogens is 329 g/mol. The standard InChI is InChI=1S/C18H18FNO5/c1-11(12-3-5-13(19)6-4-12)20-17(21)10-25-16-8-7-14(24-2)9-15(16)18(22)23/h3-9,11H,10H2,1-2H3,(H,20,21)(H,22,23)/t11-/m0/s1. The van der Waals surface area contributed by atoms with Crippen LogP contribution in [0.5, 0.6) is 11.5 Å². The predicted molar refractivity (Wildman–Crippen MR) is 88.4 cm³/mol. The lowest BCUT2D eigenvalue weighted by atomic mass is 10.1. The molecule has 0 radical (unpaired) electrons. The molecule has 0 aliphatic heterocycles. The highest BCUT2D eigenvalue weighted by atomic mass is 19.1. The number of aromatic carboxylic acids is 1. The van der Waals surface area contributed by atoms with Crippen molar-refractivity contribution in [2.45, 2.75) is 13.0 Å². The molecule has 25 heavy (non-hydrogen) atoms. The monoisotopic (exact) mass is 347 g/mol. The molecule has 0 spiro atoms. The lowest BCUT2D eigenvalue weighted by Crippen LogP contribution is -2.31. The molecule has 2 aromatic rings. The van der Waals surface area contributed by atoms with Crippen LogP contribution in [0.4, 0.5) is 4.39 Å². The summed E-state index contributed by atoms with van der Waals surface area (Å²) in [5.41, 5.74) is 0.643. The van der Waals surface area contributed by atoms with Crippen molar-refractivity contribution >= 4 is 11.9 Å². The minimum absolute atomic E-state index is 0.0675. The second kappa shape index (κ2) is 8.14. The number of benzene rings is 2. The van der Waals surface area contributed by atoms with Gasteiger partial charge in [0.15, 0.2) is 6.61 Å². The third-order valence-corrected chi connectivity index (χ3v) is 3.52. The maximum atomic E-state index is 12.9. The van der Waals surface area contributed by atoms with Gasteiger partial charge in [0.25, 0.3) is 5.91 Å². The number of hydrogen-bond donors (Lipinski definition) is 2. The fourth-order valence-electron chi connectivity index (χ4n) is 2.19. The van der Waals surface area contributed by atoms with Crippen LogP contribution >= 0.6 is 0 Å². The fraction of sp³-hybridized carbons (Fsp3) is 0.222. The van der Waals surface area contributed by atoms with Crippen LogP contribution in [-0.4, -0.2) is 30.7 Å². The lowest BCUT2D eigenvalue weighted by Gasteiger charge is -2.15. The molecule has 0 unspecified atom stereocenters. The van der Waals surface area contributed by atoms with Crippen LogP contribution in [0.3, 0.4) is 0 Å². The predicted octanol–water partition coefficient (Wildman–Crippen LogP) is 2.79. The normalized spacial score (nSPS) is 11.5. The Morgan fingerprint density at radius 3 is 2.48 bits per heavy atom. The average molecular weight is 347 g/mol. The zero-order valence-corrected chi connectivity index (χ0v) is 13.8. The van der Waals surface area contributed by atoms with E-state index < -0.39 is 11.9 Å². The van der Waals surface area contributed by atoms with Crippen molar-refractivity contribution in [2.75, 3.05) is 13.7 Å². The van der Waals surface area contributed by atoms with Crippen molar-refractivity contribution in [3.63, 3.8) is 0 Å². The molecule has 7 heteroatoms. The molecule has 0 aliphatic carbocycles. The van der Waals surface area contributed by atoms with E-state index in [2.05, 4.69) is 5.32 Å². The van der Waals surface area contributed by atoms with Crippen LogP contribution in [0.2, 0.25) is 0 Å². The van der Waals surface area contributed by atoms with Crippen LogP contribution in [-0.2, 0) is 4.79 Å². The molecule has 2 rings (SSSR count). The number of carboxylic acid groups (broad SMARTS) is 1. The SMILES string of the molecule is COc1ccc(OCC(=O)N[C@@H](C)c2ccc(F)cc2)c(C(=O)O)c1. The molecule has 0 saturated heterocycles. The molecular formula is C18H18FNO5. The molecule has 132 valence electrons. The molecule has 0 saturated carbocycles. The lowest BCUT2D eigenvalue weighted by molar-refractivity contribution is -0.123. The average Bonchev–Trinajstić information content (AvgIpc) is 2.60. The smallest absolute Gasteiger partial charge is 0.339 e.